The summed E-state index contributed by atoms with van der Waals surface area (Å²) in [5.74, 6) is -3.64. The molecule has 0 unspecified atom stereocenters. The summed E-state index contributed by atoms with van der Waals surface area (Å²) in [7, 11) is 4.73. The number of amides is 1. The van der Waals surface area contributed by atoms with Crippen molar-refractivity contribution in [3.05, 3.63) is 103 Å². The third-order valence-electron chi connectivity index (χ3n) is 8.49. The molecular formula is C36H31NO9S3. The second kappa shape index (κ2) is 12.8. The highest BCUT2D eigenvalue weighted by atomic mass is 32.2. The molecule has 13 heteroatoms. The van der Waals surface area contributed by atoms with E-state index >= 15 is 0 Å². The first kappa shape index (κ1) is 34.4. The van der Waals surface area contributed by atoms with Gasteiger partial charge in [0.2, 0.25) is 0 Å². The van der Waals surface area contributed by atoms with E-state index in [0.717, 1.165) is 51.6 Å². The Kier molecular flexibility index (Phi) is 8.97. The molecule has 1 spiro atoms. The van der Waals surface area contributed by atoms with E-state index in [1.807, 2.05) is 75.4 Å². The molecule has 252 valence electrons. The quantitative estimate of drug-likeness (QED) is 0.215. The number of rotatable bonds is 5. The zero-order valence-electron chi connectivity index (χ0n) is 27.6. The molecule has 1 amide bonds. The van der Waals surface area contributed by atoms with Crippen molar-refractivity contribution in [1.29, 1.82) is 0 Å². The number of hydrogen-bond acceptors (Lipinski definition) is 12. The number of carbonyl (C=O) groups is 5. The number of methoxy groups -OCH3 is 4. The van der Waals surface area contributed by atoms with E-state index in [1.165, 1.54) is 28.4 Å². The molecule has 0 saturated heterocycles. The Bertz CT molecular complexity index is 2070. The summed E-state index contributed by atoms with van der Waals surface area (Å²) >= 11 is 2.78. The number of hydrogen-bond donors (Lipinski definition) is 0. The normalized spacial score (nSPS) is 17.5. The molecule has 10 nitrogen and oxygen atoms in total. The lowest BCUT2D eigenvalue weighted by atomic mass is 9.82. The molecule has 3 heterocycles. The Hall–Kier alpha value is -4.46. The summed E-state index contributed by atoms with van der Waals surface area (Å²) in [5.41, 5.74) is 1.63. The average Bonchev–Trinajstić information content (AvgIpc) is 3.50. The molecular weight excluding hydrogens is 687 g/mol. The van der Waals surface area contributed by atoms with Gasteiger partial charge in [-0.15, -0.1) is 0 Å². The Morgan fingerprint density at radius 3 is 1.84 bits per heavy atom. The summed E-state index contributed by atoms with van der Waals surface area (Å²) in [6.07, 6.45) is 0. The number of thioether (sulfide) groups is 3. The van der Waals surface area contributed by atoms with Crippen molar-refractivity contribution in [3.8, 4) is 0 Å². The molecule has 0 fully saturated rings. The number of fused-ring (bicyclic) bond motifs is 4. The lowest BCUT2D eigenvalue weighted by Crippen LogP contribution is -2.53. The Labute approximate surface area is 295 Å². The Balaban J connectivity index is 1.67. The van der Waals surface area contributed by atoms with Crippen molar-refractivity contribution < 1.29 is 42.9 Å². The third-order valence-corrected chi connectivity index (χ3v) is 13.1. The van der Waals surface area contributed by atoms with Crippen LogP contribution in [0, 0.1) is 6.92 Å². The van der Waals surface area contributed by atoms with Gasteiger partial charge in [0, 0.05) is 21.6 Å². The van der Waals surface area contributed by atoms with Crippen LogP contribution in [0.3, 0.4) is 0 Å². The monoisotopic (exact) mass is 717 g/mol. The maximum Gasteiger partial charge on any atom is 0.345 e. The molecule has 3 aromatic carbocycles. The molecule has 0 radical (unpaired) electrons. The van der Waals surface area contributed by atoms with Crippen LogP contribution in [-0.4, -0.2) is 67.8 Å². The number of aryl methyl sites for hydroxylation is 1. The van der Waals surface area contributed by atoms with Gasteiger partial charge < -0.3 is 18.9 Å². The van der Waals surface area contributed by atoms with Crippen LogP contribution in [0.15, 0.2) is 85.9 Å². The molecule has 0 aromatic heterocycles. The first-order valence-corrected chi connectivity index (χ1v) is 17.4. The molecule has 0 saturated carbocycles. The molecule has 3 aromatic rings. The van der Waals surface area contributed by atoms with E-state index in [0.29, 0.717) is 27.3 Å². The van der Waals surface area contributed by atoms with E-state index in [9.17, 15) is 24.0 Å². The minimum Gasteiger partial charge on any atom is -0.466 e. The fourth-order valence-corrected chi connectivity index (χ4v) is 11.3. The van der Waals surface area contributed by atoms with Gasteiger partial charge in [-0.1, -0.05) is 77.2 Å². The fourth-order valence-electron chi connectivity index (χ4n) is 6.25. The number of benzene rings is 3. The van der Waals surface area contributed by atoms with Crippen LogP contribution in [0.4, 0.5) is 5.69 Å². The molecule has 49 heavy (non-hydrogen) atoms. The Morgan fingerprint density at radius 1 is 0.673 bits per heavy atom. The van der Waals surface area contributed by atoms with Gasteiger partial charge in [0.25, 0.3) is 5.91 Å². The molecule has 0 bridgehead atoms. The highest BCUT2D eigenvalue weighted by Crippen LogP contribution is 2.71. The van der Waals surface area contributed by atoms with Gasteiger partial charge in [-0.2, -0.15) is 0 Å². The van der Waals surface area contributed by atoms with Crippen molar-refractivity contribution in [2.45, 2.75) is 30.4 Å². The van der Waals surface area contributed by atoms with Gasteiger partial charge in [0.05, 0.1) is 45.2 Å². The zero-order chi connectivity index (χ0) is 35.4. The van der Waals surface area contributed by atoms with Crippen LogP contribution in [0.5, 0.6) is 0 Å². The summed E-state index contributed by atoms with van der Waals surface area (Å²) in [6.45, 7) is 5.59. The average molecular weight is 718 g/mol. The minimum absolute atomic E-state index is 0.106. The van der Waals surface area contributed by atoms with Crippen molar-refractivity contribution in [2.24, 2.45) is 0 Å². The highest BCUT2D eigenvalue weighted by molar-refractivity contribution is 8.26. The maximum atomic E-state index is 14.7. The fraction of sp³-hybridized carbons (Fsp3) is 0.250. The van der Waals surface area contributed by atoms with Crippen LogP contribution >= 0.6 is 35.3 Å². The summed E-state index contributed by atoms with van der Waals surface area (Å²) in [5, 5.41) is 1.88. The van der Waals surface area contributed by atoms with Crippen molar-refractivity contribution in [1.82, 2.24) is 0 Å². The molecule has 3 aliphatic rings. The Morgan fingerprint density at radius 2 is 1.24 bits per heavy atom. The molecule has 0 atom stereocenters. The molecule has 3 aliphatic heterocycles. The second-order valence-corrected chi connectivity index (χ2v) is 15.5. The third kappa shape index (κ3) is 5.35. The largest absolute Gasteiger partial charge is 0.466 e. The highest BCUT2D eigenvalue weighted by Gasteiger charge is 2.61. The van der Waals surface area contributed by atoms with E-state index in [4.69, 9.17) is 18.9 Å². The van der Waals surface area contributed by atoms with Crippen LogP contribution in [-0.2, 0) is 38.1 Å². The minimum atomic E-state index is -1.65. The van der Waals surface area contributed by atoms with E-state index in [-0.39, 0.29) is 26.2 Å². The predicted octanol–water partition coefficient (Wildman–Crippen LogP) is 6.38. The zero-order valence-corrected chi connectivity index (χ0v) is 30.1. The van der Waals surface area contributed by atoms with E-state index < -0.39 is 33.5 Å². The predicted molar refractivity (Wildman–Crippen MR) is 191 cm³/mol. The molecule has 0 N–H and O–H groups in total. The van der Waals surface area contributed by atoms with Crippen LogP contribution in [0.25, 0.3) is 16.3 Å². The topological polar surface area (TPSA) is 126 Å². The van der Waals surface area contributed by atoms with Crippen LogP contribution < -0.4 is 4.90 Å². The van der Waals surface area contributed by atoms with Crippen molar-refractivity contribution >= 4 is 87.1 Å². The van der Waals surface area contributed by atoms with Gasteiger partial charge in [-0.3, -0.25) is 9.69 Å². The molecule has 0 aliphatic carbocycles. The summed E-state index contributed by atoms with van der Waals surface area (Å²) in [6, 6.07) is 18.9. The van der Waals surface area contributed by atoms with E-state index in [1.54, 1.807) is 11.0 Å². The maximum absolute atomic E-state index is 14.7. The van der Waals surface area contributed by atoms with Crippen molar-refractivity contribution in [2.75, 3.05) is 33.3 Å². The smallest absolute Gasteiger partial charge is 0.345 e. The summed E-state index contributed by atoms with van der Waals surface area (Å²) < 4.78 is 18.9. The SMILES string of the molecule is COC(=O)C1=C(C(=O)OC)SC2(S1)C(C(=O)OC)=C(C(=O)OC)SC1=C2c2cc(C)ccc2N(C(=O)c2ccc3ccccc3c2)C1(C)C. The first-order valence-electron chi connectivity index (χ1n) is 14.9. The number of nitrogens with zero attached hydrogens (tertiary/aromatic N) is 1. The number of ether oxygens (including phenoxy) is 4. The lowest BCUT2D eigenvalue weighted by Gasteiger charge is -2.50. The lowest BCUT2D eigenvalue weighted by molar-refractivity contribution is -0.138. The van der Waals surface area contributed by atoms with Crippen LogP contribution in [0.2, 0.25) is 0 Å². The number of carbonyl (C=O) groups excluding carboxylic acids is 5. The number of esters is 4. The second-order valence-electron chi connectivity index (χ2n) is 11.7. The summed E-state index contributed by atoms with van der Waals surface area (Å²) in [4.78, 5) is 70.6. The van der Waals surface area contributed by atoms with Crippen LogP contribution in [0.1, 0.15) is 35.3 Å². The van der Waals surface area contributed by atoms with Gasteiger partial charge >= 0.3 is 23.9 Å². The number of anilines is 1. The van der Waals surface area contributed by atoms with Crippen molar-refractivity contribution in [3.63, 3.8) is 0 Å². The van der Waals surface area contributed by atoms with Gasteiger partial charge in [0.15, 0.2) is 0 Å². The van der Waals surface area contributed by atoms with E-state index in [2.05, 4.69) is 0 Å². The standard InChI is InChI=1S/C36H31NO9S3/c1-18-12-15-23-22(16-18)24-29(35(2,3)37(23)30(38)21-14-13-19-10-8-9-11-20(19)17-21)47-26(32(40)44-5)25(31(39)43-4)36(24)48-27(33(41)45-6)28(49-36)34(42)46-7/h8-17H,1-7H3. The van der Waals surface area contributed by atoms with Gasteiger partial charge in [-0.05, 0) is 55.8 Å². The first-order chi connectivity index (χ1) is 23.3. The van der Waals surface area contributed by atoms with Gasteiger partial charge in [0.1, 0.15) is 18.8 Å². The molecule has 6 rings (SSSR count). The van der Waals surface area contributed by atoms with Gasteiger partial charge in [-0.25, -0.2) is 19.2 Å².